The highest BCUT2D eigenvalue weighted by Crippen LogP contribution is 2.35. The second-order valence-corrected chi connectivity index (χ2v) is 5.37. The number of alkyl halides is 1. The molecule has 106 valence electrons. The summed E-state index contributed by atoms with van der Waals surface area (Å²) in [6, 6.07) is 13.3. The van der Waals surface area contributed by atoms with E-state index in [0.717, 1.165) is 27.6 Å². The summed E-state index contributed by atoms with van der Waals surface area (Å²) in [6.45, 7) is 0. The predicted molar refractivity (Wildman–Crippen MR) is 83.3 cm³/mol. The van der Waals surface area contributed by atoms with Crippen molar-refractivity contribution in [2.24, 2.45) is 0 Å². The molecule has 0 aliphatic carbocycles. The lowest BCUT2D eigenvalue weighted by atomic mass is 10.0. The molecule has 0 amide bonds. The van der Waals surface area contributed by atoms with E-state index in [-0.39, 0.29) is 5.38 Å². The molecule has 0 radical (unpaired) electrons. The van der Waals surface area contributed by atoms with Crippen LogP contribution >= 0.6 is 23.2 Å². The minimum Gasteiger partial charge on any atom is -0.497 e. The first-order chi connectivity index (χ1) is 9.63. The summed E-state index contributed by atoms with van der Waals surface area (Å²) >= 11 is 12.4. The molecule has 0 bridgehead atoms. The molecule has 0 heterocycles. The summed E-state index contributed by atoms with van der Waals surface area (Å²) in [7, 11) is 3.27. The quantitative estimate of drug-likeness (QED) is 0.733. The molecule has 0 saturated heterocycles. The molecule has 20 heavy (non-hydrogen) atoms. The summed E-state index contributed by atoms with van der Waals surface area (Å²) < 4.78 is 10.6. The Labute approximate surface area is 129 Å². The van der Waals surface area contributed by atoms with Crippen LogP contribution in [0.15, 0.2) is 42.5 Å². The molecular weight excluding hydrogens is 295 g/mol. The van der Waals surface area contributed by atoms with Crippen molar-refractivity contribution in [3.8, 4) is 11.5 Å². The Kier molecular flexibility index (Phi) is 5.16. The van der Waals surface area contributed by atoms with E-state index in [0.29, 0.717) is 6.42 Å². The highest BCUT2D eigenvalue weighted by atomic mass is 35.5. The molecule has 0 spiro atoms. The van der Waals surface area contributed by atoms with Gasteiger partial charge in [0.1, 0.15) is 11.5 Å². The average Bonchev–Trinajstić information content (AvgIpc) is 2.48. The smallest absolute Gasteiger partial charge is 0.123 e. The Bertz CT molecular complexity index is 567. The SMILES string of the molecule is COc1ccc(OC)c(C(Cl)Cc2ccc(Cl)cc2)c1. The van der Waals surface area contributed by atoms with Crippen molar-refractivity contribution < 1.29 is 9.47 Å². The maximum absolute atomic E-state index is 6.52. The van der Waals surface area contributed by atoms with E-state index >= 15 is 0 Å². The molecule has 0 aromatic heterocycles. The standard InChI is InChI=1S/C16H16Cl2O2/c1-19-13-7-8-16(20-2)14(10-13)15(18)9-11-3-5-12(17)6-4-11/h3-8,10,15H,9H2,1-2H3. The van der Waals surface area contributed by atoms with Gasteiger partial charge in [0.25, 0.3) is 0 Å². The maximum Gasteiger partial charge on any atom is 0.123 e. The number of benzene rings is 2. The third-order valence-electron chi connectivity index (χ3n) is 3.10. The molecule has 0 fully saturated rings. The van der Waals surface area contributed by atoms with Gasteiger partial charge in [0.15, 0.2) is 0 Å². The first kappa shape index (κ1) is 15.0. The summed E-state index contributed by atoms with van der Waals surface area (Å²) in [5, 5.41) is 0.528. The normalized spacial score (nSPS) is 12.0. The number of halogens is 2. The predicted octanol–water partition coefficient (Wildman–Crippen LogP) is 4.88. The van der Waals surface area contributed by atoms with Crippen LogP contribution in [0.5, 0.6) is 11.5 Å². The van der Waals surface area contributed by atoms with Gasteiger partial charge in [-0.25, -0.2) is 0 Å². The summed E-state index contributed by atoms with van der Waals surface area (Å²) in [5.41, 5.74) is 2.04. The zero-order valence-electron chi connectivity index (χ0n) is 11.4. The molecule has 2 aromatic rings. The zero-order chi connectivity index (χ0) is 14.5. The van der Waals surface area contributed by atoms with E-state index in [2.05, 4.69) is 0 Å². The molecule has 2 rings (SSSR count). The number of methoxy groups -OCH3 is 2. The minimum atomic E-state index is -0.193. The number of ether oxygens (including phenoxy) is 2. The first-order valence-electron chi connectivity index (χ1n) is 6.24. The molecular formula is C16H16Cl2O2. The molecule has 4 heteroatoms. The second-order valence-electron chi connectivity index (χ2n) is 4.41. The van der Waals surface area contributed by atoms with Gasteiger partial charge in [-0.1, -0.05) is 23.7 Å². The van der Waals surface area contributed by atoms with Gasteiger partial charge in [0.2, 0.25) is 0 Å². The van der Waals surface area contributed by atoms with Crippen molar-refractivity contribution in [1.82, 2.24) is 0 Å². The molecule has 2 nitrogen and oxygen atoms in total. The Morgan fingerprint density at radius 2 is 1.70 bits per heavy atom. The Morgan fingerprint density at radius 1 is 1.00 bits per heavy atom. The second kappa shape index (κ2) is 6.87. The highest BCUT2D eigenvalue weighted by molar-refractivity contribution is 6.30. The average molecular weight is 311 g/mol. The fourth-order valence-electron chi connectivity index (χ4n) is 2.02. The lowest BCUT2D eigenvalue weighted by Gasteiger charge is -2.15. The molecule has 0 N–H and O–H groups in total. The number of rotatable bonds is 5. The number of hydrogen-bond donors (Lipinski definition) is 0. The molecule has 1 atom stereocenters. The van der Waals surface area contributed by atoms with Gasteiger partial charge in [-0.3, -0.25) is 0 Å². The molecule has 1 unspecified atom stereocenters. The Hall–Kier alpha value is -1.38. The van der Waals surface area contributed by atoms with Gasteiger partial charge < -0.3 is 9.47 Å². The third-order valence-corrected chi connectivity index (χ3v) is 3.74. The molecule has 2 aromatic carbocycles. The van der Waals surface area contributed by atoms with E-state index in [9.17, 15) is 0 Å². The minimum absolute atomic E-state index is 0.193. The molecule has 0 saturated carbocycles. The van der Waals surface area contributed by atoms with Crippen LogP contribution < -0.4 is 9.47 Å². The fraction of sp³-hybridized carbons (Fsp3) is 0.250. The summed E-state index contributed by atoms with van der Waals surface area (Å²) in [6.07, 6.45) is 0.697. The van der Waals surface area contributed by atoms with Crippen LogP contribution in [0.4, 0.5) is 0 Å². The van der Waals surface area contributed by atoms with Crippen molar-refractivity contribution in [2.45, 2.75) is 11.8 Å². The lowest BCUT2D eigenvalue weighted by molar-refractivity contribution is 0.398. The van der Waals surface area contributed by atoms with E-state index in [1.165, 1.54) is 0 Å². The summed E-state index contributed by atoms with van der Waals surface area (Å²) in [4.78, 5) is 0. The molecule has 0 aliphatic heterocycles. The molecule has 0 aliphatic rings. The topological polar surface area (TPSA) is 18.5 Å². The van der Waals surface area contributed by atoms with Crippen LogP contribution in [0, 0.1) is 0 Å². The highest BCUT2D eigenvalue weighted by Gasteiger charge is 2.15. The van der Waals surface area contributed by atoms with Crippen LogP contribution in [0.25, 0.3) is 0 Å². The monoisotopic (exact) mass is 310 g/mol. The van der Waals surface area contributed by atoms with E-state index in [4.69, 9.17) is 32.7 Å². The van der Waals surface area contributed by atoms with Crippen molar-refractivity contribution in [3.05, 3.63) is 58.6 Å². The van der Waals surface area contributed by atoms with Crippen molar-refractivity contribution in [3.63, 3.8) is 0 Å². The van der Waals surface area contributed by atoms with E-state index in [1.807, 2.05) is 42.5 Å². The fourth-order valence-corrected chi connectivity index (χ4v) is 2.50. The zero-order valence-corrected chi connectivity index (χ0v) is 12.9. The van der Waals surface area contributed by atoms with Gasteiger partial charge in [-0.05, 0) is 42.3 Å². The van der Waals surface area contributed by atoms with Crippen molar-refractivity contribution in [2.75, 3.05) is 14.2 Å². The maximum atomic E-state index is 6.52. The van der Waals surface area contributed by atoms with Crippen LogP contribution in [0.1, 0.15) is 16.5 Å². The van der Waals surface area contributed by atoms with Crippen LogP contribution in [0.3, 0.4) is 0 Å². The van der Waals surface area contributed by atoms with Crippen LogP contribution in [-0.4, -0.2) is 14.2 Å². The van der Waals surface area contributed by atoms with Crippen molar-refractivity contribution in [1.29, 1.82) is 0 Å². The van der Waals surface area contributed by atoms with Crippen LogP contribution in [-0.2, 0) is 6.42 Å². The summed E-state index contributed by atoms with van der Waals surface area (Å²) in [5.74, 6) is 1.53. The van der Waals surface area contributed by atoms with E-state index in [1.54, 1.807) is 14.2 Å². The van der Waals surface area contributed by atoms with Crippen molar-refractivity contribution >= 4 is 23.2 Å². The van der Waals surface area contributed by atoms with Gasteiger partial charge in [-0.15, -0.1) is 11.6 Å². The number of hydrogen-bond acceptors (Lipinski definition) is 2. The van der Waals surface area contributed by atoms with Crippen LogP contribution in [0.2, 0.25) is 5.02 Å². The van der Waals surface area contributed by atoms with E-state index < -0.39 is 0 Å². The van der Waals surface area contributed by atoms with Gasteiger partial charge in [0.05, 0.1) is 19.6 Å². The van der Waals surface area contributed by atoms with Gasteiger partial charge in [-0.2, -0.15) is 0 Å². The van der Waals surface area contributed by atoms with Gasteiger partial charge >= 0.3 is 0 Å². The van der Waals surface area contributed by atoms with Gasteiger partial charge in [0, 0.05) is 10.6 Å². The lowest BCUT2D eigenvalue weighted by Crippen LogP contribution is -2.00. The largest absolute Gasteiger partial charge is 0.497 e. The third kappa shape index (κ3) is 3.59. The Balaban J connectivity index is 2.23. The first-order valence-corrected chi connectivity index (χ1v) is 7.06. The Morgan fingerprint density at radius 3 is 2.30 bits per heavy atom.